The van der Waals surface area contributed by atoms with Crippen LogP contribution in [0.2, 0.25) is 0 Å². The summed E-state index contributed by atoms with van der Waals surface area (Å²) in [4.78, 5) is 31.3. The Morgan fingerprint density at radius 2 is 0.978 bits per heavy atom. The number of carbonyl (C=O) groups is 1. The predicted octanol–water partition coefficient (Wildman–Crippen LogP) is 8.46. The van der Waals surface area contributed by atoms with Crippen molar-refractivity contribution in [2.75, 3.05) is 46.2 Å². The molecular weight excluding hydrogens is 689 g/mol. The van der Waals surface area contributed by atoms with Crippen molar-refractivity contribution in [1.82, 2.24) is 0 Å². The summed E-state index contributed by atoms with van der Waals surface area (Å²) in [5.41, 5.74) is 0. The van der Waals surface area contributed by atoms with Gasteiger partial charge in [0.25, 0.3) is 0 Å². The number of rotatable bonds is 8. The monoisotopic (exact) mass is 715 g/mol. The lowest BCUT2D eigenvalue weighted by molar-refractivity contribution is 0.0511. The van der Waals surface area contributed by atoms with Gasteiger partial charge in [-0.3, -0.25) is 4.79 Å². The van der Waals surface area contributed by atoms with Crippen molar-refractivity contribution in [2.45, 2.75) is 20.3 Å². The highest BCUT2D eigenvalue weighted by atomic mass is 32.1. The Bertz CT molecular complexity index is 1970. The van der Waals surface area contributed by atoms with Crippen molar-refractivity contribution >= 4 is 68.4 Å². The van der Waals surface area contributed by atoms with E-state index in [1.54, 1.807) is 47.0 Å². The molecule has 46 heavy (non-hydrogen) atoms. The summed E-state index contributed by atoms with van der Waals surface area (Å²) < 4.78 is 42.8. The van der Waals surface area contributed by atoms with Gasteiger partial charge in [-0.1, -0.05) is 6.92 Å². The van der Waals surface area contributed by atoms with E-state index in [1.165, 1.54) is 22.7 Å². The van der Waals surface area contributed by atoms with Crippen LogP contribution in [-0.2, 0) is 4.74 Å². The average molecular weight is 716 g/mol. The molecule has 1 N–H and O–H groups in total. The maximum absolute atomic E-state index is 12.6. The normalized spacial score (nSPS) is 14.7. The van der Waals surface area contributed by atoms with Gasteiger partial charge in [0.1, 0.15) is 49.4 Å². The summed E-state index contributed by atoms with van der Waals surface area (Å²) >= 11 is 7.58. The van der Waals surface area contributed by atoms with E-state index in [0.717, 1.165) is 50.3 Å². The summed E-state index contributed by atoms with van der Waals surface area (Å²) in [5.74, 6) is 4.00. The SMILES string of the molecule is CCCOC(=O)c1ccc(-c2sc(-c3sc(-c4sc(-c5ccc(C(C)=[OH+])s5)c5c4OCCO5)c4c3OCCO4)c3c2OCCO3)s1. The molecule has 8 heterocycles. The van der Waals surface area contributed by atoms with Crippen molar-refractivity contribution in [1.29, 1.82) is 0 Å². The van der Waals surface area contributed by atoms with Crippen LogP contribution in [0.1, 0.15) is 34.8 Å². The molecule has 0 saturated carbocycles. The van der Waals surface area contributed by atoms with E-state index in [0.29, 0.717) is 85.6 Å². The van der Waals surface area contributed by atoms with Gasteiger partial charge < -0.3 is 33.2 Å². The zero-order chi connectivity index (χ0) is 31.4. The third-order valence-electron chi connectivity index (χ3n) is 7.26. The highest BCUT2D eigenvalue weighted by Gasteiger charge is 2.37. The van der Waals surface area contributed by atoms with Crippen molar-refractivity contribution in [3.05, 3.63) is 34.0 Å². The fraction of sp³-hybridized carbons (Fsp3) is 0.312. The lowest BCUT2D eigenvalue weighted by Gasteiger charge is -2.19. The van der Waals surface area contributed by atoms with Crippen LogP contribution < -0.4 is 28.4 Å². The highest BCUT2D eigenvalue weighted by molar-refractivity contribution is 7.31. The third-order valence-corrected chi connectivity index (χ3v) is 13.7. The number of carbonyl (C=O) groups excluding carboxylic acids is 2. The first-order valence-electron chi connectivity index (χ1n) is 14.7. The minimum atomic E-state index is -0.323. The van der Waals surface area contributed by atoms with E-state index < -0.39 is 0 Å². The second-order valence-electron chi connectivity index (χ2n) is 10.4. The molecule has 3 aliphatic heterocycles. The molecule has 3 aliphatic rings. The molecule has 0 bridgehead atoms. The molecule has 5 aromatic rings. The molecular formula is C32H27O9S5+. The zero-order valence-corrected chi connectivity index (χ0v) is 28.8. The van der Waals surface area contributed by atoms with E-state index >= 15 is 0 Å². The summed E-state index contributed by atoms with van der Waals surface area (Å²) in [6, 6.07) is 7.64. The average Bonchev–Trinajstić information content (AvgIpc) is 3.91. The molecule has 0 atom stereocenters. The first-order valence-corrected chi connectivity index (χ1v) is 18.8. The van der Waals surface area contributed by atoms with E-state index in [-0.39, 0.29) is 11.8 Å². The maximum Gasteiger partial charge on any atom is 0.348 e. The Morgan fingerprint density at radius 3 is 1.37 bits per heavy atom. The van der Waals surface area contributed by atoms with Gasteiger partial charge in [0.15, 0.2) is 34.5 Å². The molecule has 0 spiro atoms. The molecule has 0 unspecified atom stereocenters. The van der Waals surface area contributed by atoms with Gasteiger partial charge in [0.2, 0.25) is 0 Å². The second-order valence-corrected chi connectivity index (χ2v) is 15.6. The number of hydrogen-bond donors (Lipinski definition) is 0. The van der Waals surface area contributed by atoms with Crippen LogP contribution in [0.5, 0.6) is 34.5 Å². The summed E-state index contributed by atoms with van der Waals surface area (Å²) in [6.07, 6.45) is 0.766. The Hall–Kier alpha value is -3.56. The summed E-state index contributed by atoms with van der Waals surface area (Å²) in [6.45, 7) is 6.63. The molecule has 5 aromatic heterocycles. The Kier molecular flexibility index (Phi) is 7.93. The molecule has 0 aliphatic carbocycles. The van der Waals surface area contributed by atoms with E-state index in [9.17, 15) is 9.59 Å². The third kappa shape index (κ3) is 5.07. The molecule has 0 saturated heterocycles. The van der Waals surface area contributed by atoms with Gasteiger partial charge in [0.05, 0.1) is 42.8 Å². The van der Waals surface area contributed by atoms with Crippen LogP contribution in [0.4, 0.5) is 0 Å². The number of thiophene rings is 5. The second kappa shape index (κ2) is 12.2. The van der Waals surface area contributed by atoms with E-state index in [4.69, 9.17) is 33.2 Å². The molecule has 0 radical (unpaired) electrons. The molecule has 14 heteroatoms. The fourth-order valence-corrected chi connectivity index (χ4v) is 11.1. The Balaban J connectivity index is 1.25. The first-order chi connectivity index (χ1) is 22.5. The number of hydrogen-bond acceptors (Lipinski definition) is 13. The van der Waals surface area contributed by atoms with Crippen LogP contribution in [0.25, 0.3) is 39.0 Å². The van der Waals surface area contributed by atoms with Crippen molar-refractivity contribution < 1.29 is 42.7 Å². The van der Waals surface area contributed by atoms with E-state index in [2.05, 4.69) is 0 Å². The number of ketones is 1. The standard InChI is InChI=1S/C32H26O9S5/c1-3-8-41-32(34)19-7-6-18(43-19)27-21-23(38-12-10-36-21)29(45-27)31-25-24(39-13-14-40-25)30(46-31)28-22-20(35-9-11-37-22)26(44-28)17-5-4-16(42-17)15(2)33/h4-7H,3,8-14H2,1-2H3/p+1. The quantitative estimate of drug-likeness (QED) is 0.0896. The van der Waals surface area contributed by atoms with Gasteiger partial charge >= 0.3 is 11.8 Å². The highest BCUT2D eigenvalue weighted by Crippen LogP contribution is 2.65. The van der Waals surface area contributed by atoms with Gasteiger partial charge in [-0.15, -0.1) is 56.7 Å². The molecule has 0 amide bonds. The lowest BCUT2D eigenvalue weighted by Crippen LogP contribution is -2.16. The van der Waals surface area contributed by atoms with E-state index in [1.807, 2.05) is 25.1 Å². The molecule has 9 nitrogen and oxygen atoms in total. The predicted molar refractivity (Wildman–Crippen MR) is 183 cm³/mol. The van der Waals surface area contributed by atoms with Crippen LogP contribution in [-0.4, -0.2) is 62.8 Å². The van der Waals surface area contributed by atoms with Crippen LogP contribution in [0, 0.1) is 0 Å². The summed E-state index contributed by atoms with van der Waals surface area (Å²) in [5, 5.41) is 0. The van der Waals surface area contributed by atoms with Crippen LogP contribution in [0.3, 0.4) is 0 Å². The molecule has 8 rings (SSSR count). The maximum atomic E-state index is 12.6. The topological polar surface area (TPSA) is 103 Å². The molecule has 238 valence electrons. The smallest absolute Gasteiger partial charge is 0.348 e. The fourth-order valence-electron chi connectivity index (χ4n) is 5.26. The van der Waals surface area contributed by atoms with Gasteiger partial charge in [-0.05, 0) is 30.7 Å². The Morgan fingerprint density at radius 1 is 0.609 bits per heavy atom. The molecule has 0 aromatic carbocycles. The zero-order valence-electron chi connectivity index (χ0n) is 24.7. The first kappa shape index (κ1) is 29.8. The minimum absolute atomic E-state index is 0.279. The number of fused-ring (bicyclic) bond motifs is 3. The van der Waals surface area contributed by atoms with Gasteiger partial charge in [-0.2, -0.15) is 0 Å². The van der Waals surface area contributed by atoms with Crippen LogP contribution in [0.15, 0.2) is 24.3 Å². The van der Waals surface area contributed by atoms with Gasteiger partial charge in [0, 0.05) is 9.75 Å². The minimum Gasteiger partial charge on any atom is -0.485 e. The lowest BCUT2D eigenvalue weighted by atomic mass is 10.2. The van der Waals surface area contributed by atoms with Crippen LogP contribution >= 0.6 is 56.7 Å². The number of ether oxygens (including phenoxy) is 7. The molecule has 0 fully saturated rings. The van der Waals surface area contributed by atoms with Gasteiger partial charge in [-0.25, -0.2) is 4.79 Å². The van der Waals surface area contributed by atoms with Crippen molar-refractivity contribution in [2.24, 2.45) is 0 Å². The number of esters is 1. The summed E-state index contributed by atoms with van der Waals surface area (Å²) in [7, 11) is 0. The largest absolute Gasteiger partial charge is 0.485 e. The Labute approximate surface area is 283 Å². The van der Waals surface area contributed by atoms with Crippen molar-refractivity contribution in [3.63, 3.8) is 0 Å². The van der Waals surface area contributed by atoms with Crippen molar-refractivity contribution in [3.8, 4) is 73.5 Å².